The normalized spacial score (nSPS) is 33.4. The van der Waals surface area contributed by atoms with E-state index in [0.29, 0.717) is 38.5 Å². The topological polar surface area (TPSA) is 109 Å². The highest BCUT2D eigenvalue weighted by atomic mass is 35.5. The number of hydrogen-bond acceptors (Lipinski definition) is 6. The number of piperidine rings is 1. The molecule has 33 heavy (non-hydrogen) atoms. The van der Waals surface area contributed by atoms with Gasteiger partial charge in [0.1, 0.15) is 11.6 Å². The van der Waals surface area contributed by atoms with Crippen molar-refractivity contribution < 1.29 is 28.6 Å². The number of fused-ring (bicyclic) bond motifs is 3. The zero-order chi connectivity index (χ0) is 23.6. The molecule has 4 N–H and O–H groups in total. The summed E-state index contributed by atoms with van der Waals surface area (Å²) in [5.74, 6) is -0.875. The minimum atomic E-state index is -0.789. The maximum absolute atomic E-state index is 13.5. The Morgan fingerprint density at radius 3 is 2.70 bits per heavy atom. The summed E-state index contributed by atoms with van der Waals surface area (Å²) in [5.41, 5.74) is -1.22. The van der Waals surface area contributed by atoms with Crippen molar-refractivity contribution in [3.8, 4) is 5.75 Å². The third-order valence-corrected chi connectivity index (χ3v) is 7.67. The van der Waals surface area contributed by atoms with E-state index in [-0.39, 0.29) is 41.3 Å². The second kappa shape index (κ2) is 9.74. The molecule has 3 aliphatic carbocycles. The maximum atomic E-state index is 13.5. The van der Waals surface area contributed by atoms with Crippen LogP contribution in [0.25, 0.3) is 0 Å². The molecule has 1 aromatic rings. The smallest absolute Gasteiger partial charge is 0.258 e. The lowest BCUT2D eigenvalue weighted by Crippen LogP contribution is -2.71. The Kier molecular flexibility index (Phi) is 7.14. The first-order valence-corrected chi connectivity index (χ1v) is 11.8. The molecule has 5 rings (SSSR count). The Bertz CT molecular complexity index is 893. The fourth-order valence-electron chi connectivity index (χ4n) is 5.34. The molecule has 1 aromatic carbocycles. The van der Waals surface area contributed by atoms with Crippen molar-refractivity contribution in [1.29, 1.82) is 0 Å². The third kappa shape index (κ3) is 5.26. The number of aliphatic hydroxyl groups excluding tert-OH is 1. The SMILES string of the molecule is COC1CCNC(C(=O)NC23CCC(NC(=O)COc4ccc(Cl)c(F)c4)(CC2)C(O)C3)C1. The molecule has 1 saturated heterocycles. The lowest BCUT2D eigenvalue weighted by Gasteiger charge is -2.56. The largest absolute Gasteiger partial charge is 0.484 e. The standard InChI is InChI=1S/C23H31ClFN3O5/c1-32-14-4-9-26-18(11-14)21(31)28-22-5-7-23(8-6-22,19(29)12-22)27-20(30)13-33-15-2-3-16(24)17(25)10-15/h2-3,10,14,18-19,26,29H,4-9,11-13H2,1H3,(H,27,30)(H,28,31). The highest BCUT2D eigenvalue weighted by Crippen LogP contribution is 2.47. The zero-order valence-corrected chi connectivity index (χ0v) is 19.4. The number of ether oxygens (including phenoxy) is 2. The van der Waals surface area contributed by atoms with Gasteiger partial charge in [0.05, 0.1) is 28.8 Å². The molecular formula is C23H31ClFN3O5. The van der Waals surface area contributed by atoms with E-state index in [0.717, 1.165) is 19.0 Å². The van der Waals surface area contributed by atoms with Crippen LogP contribution in [0.2, 0.25) is 5.02 Å². The number of carbonyl (C=O) groups excluding carboxylic acids is 2. The molecule has 2 amide bonds. The number of nitrogens with one attached hydrogen (secondary N) is 3. The molecule has 8 nitrogen and oxygen atoms in total. The van der Waals surface area contributed by atoms with Crippen LogP contribution < -0.4 is 20.7 Å². The van der Waals surface area contributed by atoms with E-state index >= 15 is 0 Å². The van der Waals surface area contributed by atoms with E-state index in [1.165, 1.54) is 12.1 Å². The van der Waals surface area contributed by atoms with Crippen molar-refractivity contribution in [2.75, 3.05) is 20.3 Å². The average Bonchev–Trinajstić information content (AvgIpc) is 2.81. The van der Waals surface area contributed by atoms with Gasteiger partial charge >= 0.3 is 0 Å². The van der Waals surface area contributed by atoms with E-state index in [2.05, 4.69) is 16.0 Å². The molecular weight excluding hydrogens is 453 g/mol. The van der Waals surface area contributed by atoms with Crippen LogP contribution in [0.5, 0.6) is 5.75 Å². The first-order valence-electron chi connectivity index (χ1n) is 11.4. The number of amides is 2. The molecule has 2 bridgehead atoms. The molecule has 0 radical (unpaired) electrons. The number of methoxy groups -OCH3 is 1. The maximum Gasteiger partial charge on any atom is 0.258 e. The van der Waals surface area contributed by atoms with Gasteiger partial charge in [0.2, 0.25) is 5.91 Å². The lowest BCUT2D eigenvalue weighted by atomic mass is 9.59. The summed E-state index contributed by atoms with van der Waals surface area (Å²) in [5, 5.41) is 20.3. The van der Waals surface area contributed by atoms with Crippen molar-refractivity contribution in [3.05, 3.63) is 29.0 Å². The number of carbonyl (C=O) groups is 2. The van der Waals surface area contributed by atoms with Gasteiger partial charge in [-0.3, -0.25) is 9.59 Å². The molecule has 0 aromatic heterocycles. The monoisotopic (exact) mass is 483 g/mol. The quantitative estimate of drug-likeness (QED) is 0.470. The van der Waals surface area contributed by atoms with Crippen molar-refractivity contribution in [2.24, 2.45) is 0 Å². The van der Waals surface area contributed by atoms with E-state index in [9.17, 15) is 19.1 Å². The number of rotatable bonds is 7. The Morgan fingerprint density at radius 2 is 2.03 bits per heavy atom. The number of benzene rings is 1. The fraction of sp³-hybridized carbons (Fsp3) is 0.652. The van der Waals surface area contributed by atoms with Crippen LogP contribution in [0.15, 0.2) is 18.2 Å². The third-order valence-electron chi connectivity index (χ3n) is 7.36. The van der Waals surface area contributed by atoms with Crippen LogP contribution in [-0.4, -0.2) is 66.5 Å². The molecule has 3 saturated carbocycles. The summed E-state index contributed by atoms with van der Waals surface area (Å²) in [6.07, 6.45) is 3.59. The molecule has 4 fully saturated rings. The van der Waals surface area contributed by atoms with E-state index < -0.39 is 23.0 Å². The summed E-state index contributed by atoms with van der Waals surface area (Å²) < 4.78 is 24.3. The van der Waals surface area contributed by atoms with Gasteiger partial charge in [-0.1, -0.05) is 11.6 Å². The minimum absolute atomic E-state index is 0.0217. The van der Waals surface area contributed by atoms with Crippen LogP contribution >= 0.6 is 11.6 Å². The highest BCUT2D eigenvalue weighted by molar-refractivity contribution is 6.30. The summed E-state index contributed by atoms with van der Waals surface area (Å²) in [7, 11) is 1.66. The van der Waals surface area contributed by atoms with Gasteiger partial charge in [0.25, 0.3) is 5.91 Å². The van der Waals surface area contributed by atoms with Gasteiger partial charge in [-0.05, 0) is 63.6 Å². The fourth-order valence-corrected chi connectivity index (χ4v) is 5.45. The molecule has 10 heteroatoms. The second-order valence-corrected chi connectivity index (χ2v) is 9.85. The molecule has 1 heterocycles. The molecule has 182 valence electrons. The second-order valence-electron chi connectivity index (χ2n) is 9.45. The van der Waals surface area contributed by atoms with Crippen LogP contribution in [0.4, 0.5) is 4.39 Å². The Labute approximate surface area is 197 Å². The highest BCUT2D eigenvalue weighted by Gasteiger charge is 2.55. The minimum Gasteiger partial charge on any atom is -0.484 e. The van der Waals surface area contributed by atoms with Crippen LogP contribution in [0.3, 0.4) is 0 Å². The molecule has 3 atom stereocenters. The number of hydrogen-bond donors (Lipinski definition) is 4. The van der Waals surface area contributed by atoms with Crippen LogP contribution in [-0.2, 0) is 14.3 Å². The van der Waals surface area contributed by atoms with E-state index in [1.54, 1.807) is 7.11 Å². The summed E-state index contributed by atoms with van der Waals surface area (Å²) >= 11 is 5.66. The van der Waals surface area contributed by atoms with Crippen molar-refractivity contribution in [2.45, 2.75) is 74.3 Å². The average molecular weight is 484 g/mol. The Morgan fingerprint density at radius 1 is 1.27 bits per heavy atom. The van der Waals surface area contributed by atoms with Crippen molar-refractivity contribution in [3.63, 3.8) is 0 Å². The lowest BCUT2D eigenvalue weighted by molar-refractivity contribution is -0.137. The molecule has 1 aliphatic heterocycles. The number of aliphatic hydroxyl groups is 1. The molecule has 3 unspecified atom stereocenters. The first kappa shape index (κ1) is 24.2. The van der Waals surface area contributed by atoms with Crippen LogP contribution in [0.1, 0.15) is 44.9 Å². The molecule has 0 spiro atoms. The first-order chi connectivity index (χ1) is 15.7. The van der Waals surface area contributed by atoms with Gasteiger partial charge in [0.15, 0.2) is 6.61 Å². The summed E-state index contributed by atoms with van der Waals surface area (Å²) in [4.78, 5) is 25.4. The van der Waals surface area contributed by atoms with E-state index in [1.807, 2.05) is 0 Å². The summed E-state index contributed by atoms with van der Waals surface area (Å²) in [6.45, 7) is 0.428. The Balaban J connectivity index is 1.30. The zero-order valence-electron chi connectivity index (χ0n) is 18.7. The van der Waals surface area contributed by atoms with Crippen LogP contribution in [0, 0.1) is 5.82 Å². The number of halogens is 2. The van der Waals surface area contributed by atoms with Gasteiger partial charge in [0, 0.05) is 18.7 Å². The van der Waals surface area contributed by atoms with Gasteiger partial charge < -0.3 is 30.5 Å². The van der Waals surface area contributed by atoms with Gasteiger partial charge in [-0.25, -0.2) is 4.39 Å². The van der Waals surface area contributed by atoms with Gasteiger partial charge in [-0.15, -0.1) is 0 Å². The summed E-state index contributed by atoms with van der Waals surface area (Å²) in [6, 6.07) is 3.66. The van der Waals surface area contributed by atoms with Crippen molar-refractivity contribution in [1.82, 2.24) is 16.0 Å². The predicted molar refractivity (Wildman–Crippen MR) is 120 cm³/mol. The van der Waals surface area contributed by atoms with Gasteiger partial charge in [-0.2, -0.15) is 0 Å². The van der Waals surface area contributed by atoms with Crippen molar-refractivity contribution >= 4 is 23.4 Å². The van der Waals surface area contributed by atoms with E-state index in [4.69, 9.17) is 21.1 Å². The predicted octanol–water partition coefficient (Wildman–Crippen LogP) is 1.67. The molecule has 4 aliphatic rings. The Hall–Kier alpha value is -1.94.